The molecule has 0 aliphatic rings. The smallest absolute Gasteiger partial charge is 0.321 e. The topological polar surface area (TPSA) is 102 Å². The summed E-state index contributed by atoms with van der Waals surface area (Å²) in [6.45, 7) is 4.02. The van der Waals surface area contributed by atoms with Gasteiger partial charge in [-0.15, -0.1) is 0 Å². The van der Waals surface area contributed by atoms with Crippen LogP contribution in [0.3, 0.4) is 0 Å². The number of hydrogen-bond donors (Lipinski definition) is 2. The molecule has 0 radical (unpaired) electrons. The third kappa shape index (κ3) is 9.83. The summed E-state index contributed by atoms with van der Waals surface area (Å²) < 4.78 is 35.4. The second kappa shape index (κ2) is 9.24. The summed E-state index contributed by atoms with van der Waals surface area (Å²) in [5, 5.41) is 8.95. The zero-order chi connectivity index (χ0) is 14.9. The second-order valence-corrected chi connectivity index (χ2v) is 6.26. The van der Waals surface area contributed by atoms with Crippen molar-refractivity contribution in [3.05, 3.63) is 0 Å². The average Bonchev–Trinajstić information content (AvgIpc) is 2.26. The van der Waals surface area contributed by atoms with Crippen LogP contribution < -0.4 is 4.72 Å². The number of ether oxygens (including phenoxy) is 2. The van der Waals surface area contributed by atoms with Crippen molar-refractivity contribution in [1.29, 1.82) is 0 Å². The van der Waals surface area contributed by atoms with E-state index in [2.05, 4.69) is 4.72 Å². The Bertz CT molecular complexity index is 354. The predicted octanol–water partition coefficient (Wildman–Crippen LogP) is 0.211. The van der Waals surface area contributed by atoms with Gasteiger partial charge in [0.15, 0.2) is 0 Å². The monoisotopic (exact) mass is 297 g/mol. The largest absolute Gasteiger partial charge is 0.480 e. The molecule has 0 aliphatic carbocycles. The predicted molar refractivity (Wildman–Crippen MR) is 70.5 cm³/mol. The van der Waals surface area contributed by atoms with Gasteiger partial charge in [-0.3, -0.25) is 4.79 Å². The molecular formula is C11H23NO6S. The molecule has 114 valence electrons. The molecule has 0 fully saturated rings. The van der Waals surface area contributed by atoms with Crippen LogP contribution >= 0.6 is 0 Å². The van der Waals surface area contributed by atoms with Crippen LogP contribution in [0, 0.1) is 0 Å². The Labute approximate surface area is 114 Å². The molecule has 0 amide bonds. The molecule has 0 aromatic rings. The van der Waals surface area contributed by atoms with Gasteiger partial charge in [-0.05, 0) is 26.7 Å². The van der Waals surface area contributed by atoms with E-state index < -0.39 is 22.0 Å². The number of sulfonamides is 1. The quantitative estimate of drug-likeness (QED) is 0.529. The maximum atomic E-state index is 11.7. The molecule has 0 bridgehead atoms. The molecule has 0 saturated carbocycles. The molecule has 0 aromatic carbocycles. The summed E-state index contributed by atoms with van der Waals surface area (Å²) in [7, 11) is -2.15. The van der Waals surface area contributed by atoms with E-state index in [1.807, 2.05) is 0 Å². The number of carbonyl (C=O) groups is 1. The maximum absolute atomic E-state index is 11.7. The van der Waals surface area contributed by atoms with Crippen molar-refractivity contribution in [2.24, 2.45) is 0 Å². The molecule has 0 spiro atoms. The van der Waals surface area contributed by atoms with Crippen molar-refractivity contribution >= 4 is 16.0 Å². The number of rotatable bonds is 11. The highest BCUT2D eigenvalue weighted by Gasteiger charge is 2.23. The molecular weight excluding hydrogens is 274 g/mol. The SMILES string of the molecule is COCCCC(NS(=O)(=O)CCOC(C)C)C(=O)O. The van der Waals surface area contributed by atoms with E-state index in [9.17, 15) is 13.2 Å². The van der Waals surface area contributed by atoms with E-state index in [0.29, 0.717) is 13.0 Å². The van der Waals surface area contributed by atoms with Gasteiger partial charge >= 0.3 is 5.97 Å². The minimum absolute atomic E-state index is 0.0391. The van der Waals surface area contributed by atoms with Gasteiger partial charge in [0.25, 0.3) is 0 Å². The zero-order valence-corrected chi connectivity index (χ0v) is 12.4. The van der Waals surface area contributed by atoms with Gasteiger partial charge in [-0.2, -0.15) is 0 Å². The van der Waals surface area contributed by atoms with Crippen molar-refractivity contribution in [2.75, 3.05) is 26.1 Å². The first-order chi connectivity index (χ1) is 8.78. The standard InChI is InChI=1S/C11H23NO6S/c1-9(2)18-7-8-19(15,16)12-10(11(13)14)5-4-6-17-3/h9-10,12H,4-8H2,1-3H3,(H,13,14). The van der Waals surface area contributed by atoms with Crippen molar-refractivity contribution in [2.45, 2.75) is 38.8 Å². The van der Waals surface area contributed by atoms with Crippen LogP contribution in [0.4, 0.5) is 0 Å². The van der Waals surface area contributed by atoms with Gasteiger partial charge in [0.05, 0.1) is 18.5 Å². The molecule has 7 nitrogen and oxygen atoms in total. The summed E-state index contributed by atoms with van der Waals surface area (Å²) in [5.74, 6) is -1.44. The van der Waals surface area contributed by atoms with Gasteiger partial charge in [0.2, 0.25) is 10.0 Å². The van der Waals surface area contributed by atoms with Gasteiger partial charge in [0, 0.05) is 13.7 Å². The van der Waals surface area contributed by atoms with Gasteiger partial charge in [-0.25, -0.2) is 13.1 Å². The average molecular weight is 297 g/mol. The molecule has 0 heterocycles. The first-order valence-electron chi connectivity index (χ1n) is 6.12. The van der Waals surface area contributed by atoms with E-state index in [4.69, 9.17) is 14.6 Å². The highest BCUT2D eigenvalue weighted by molar-refractivity contribution is 7.89. The lowest BCUT2D eigenvalue weighted by Gasteiger charge is -2.15. The third-order valence-corrected chi connectivity index (χ3v) is 3.61. The highest BCUT2D eigenvalue weighted by Crippen LogP contribution is 2.01. The molecule has 0 rings (SSSR count). The van der Waals surface area contributed by atoms with Crippen LogP contribution in [0.1, 0.15) is 26.7 Å². The normalized spacial score (nSPS) is 13.7. The molecule has 2 N–H and O–H groups in total. The minimum atomic E-state index is -3.66. The first kappa shape index (κ1) is 18.3. The number of carboxylic acids is 1. The van der Waals surface area contributed by atoms with Crippen LogP contribution in [-0.4, -0.2) is 57.7 Å². The van der Waals surface area contributed by atoms with Gasteiger partial charge in [0.1, 0.15) is 6.04 Å². The summed E-state index contributed by atoms with van der Waals surface area (Å²) in [6.07, 6.45) is 0.596. The fourth-order valence-electron chi connectivity index (χ4n) is 1.33. The Morgan fingerprint density at radius 2 is 1.95 bits per heavy atom. The lowest BCUT2D eigenvalue weighted by molar-refractivity contribution is -0.139. The Morgan fingerprint density at radius 3 is 2.42 bits per heavy atom. The Kier molecular flexibility index (Phi) is 8.90. The van der Waals surface area contributed by atoms with Crippen molar-refractivity contribution in [3.63, 3.8) is 0 Å². The Morgan fingerprint density at radius 1 is 1.32 bits per heavy atom. The summed E-state index contributed by atoms with van der Waals surface area (Å²) in [4.78, 5) is 11.0. The summed E-state index contributed by atoms with van der Waals surface area (Å²) in [5.41, 5.74) is 0. The van der Waals surface area contributed by atoms with Crippen LogP contribution in [-0.2, 0) is 24.3 Å². The summed E-state index contributed by atoms with van der Waals surface area (Å²) in [6, 6.07) is -1.13. The molecule has 19 heavy (non-hydrogen) atoms. The number of hydrogen-bond acceptors (Lipinski definition) is 5. The summed E-state index contributed by atoms with van der Waals surface area (Å²) >= 11 is 0. The third-order valence-electron chi connectivity index (χ3n) is 2.26. The molecule has 8 heteroatoms. The van der Waals surface area contributed by atoms with Crippen molar-refractivity contribution in [3.8, 4) is 0 Å². The molecule has 1 atom stereocenters. The lowest BCUT2D eigenvalue weighted by atomic mass is 10.2. The second-order valence-electron chi connectivity index (χ2n) is 4.38. The van der Waals surface area contributed by atoms with Crippen LogP contribution in [0.15, 0.2) is 0 Å². The van der Waals surface area contributed by atoms with E-state index in [1.165, 1.54) is 7.11 Å². The number of carboxylic acid groups (broad SMARTS) is 1. The molecule has 1 unspecified atom stereocenters. The van der Waals surface area contributed by atoms with Crippen molar-refractivity contribution < 1.29 is 27.8 Å². The van der Waals surface area contributed by atoms with Gasteiger partial charge in [-0.1, -0.05) is 0 Å². The van der Waals surface area contributed by atoms with Gasteiger partial charge < -0.3 is 14.6 Å². The number of methoxy groups -OCH3 is 1. The molecule has 0 saturated heterocycles. The molecule has 0 aromatic heterocycles. The highest BCUT2D eigenvalue weighted by atomic mass is 32.2. The fourth-order valence-corrected chi connectivity index (χ4v) is 2.42. The van der Waals surface area contributed by atoms with Crippen LogP contribution in [0.2, 0.25) is 0 Å². The maximum Gasteiger partial charge on any atom is 0.321 e. The number of aliphatic carboxylic acids is 1. The Balaban J connectivity index is 4.27. The van der Waals surface area contributed by atoms with E-state index in [0.717, 1.165) is 0 Å². The first-order valence-corrected chi connectivity index (χ1v) is 7.77. The van der Waals surface area contributed by atoms with E-state index >= 15 is 0 Å². The number of nitrogens with one attached hydrogen (secondary N) is 1. The minimum Gasteiger partial charge on any atom is -0.480 e. The van der Waals surface area contributed by atoms with E-state index in [1.54, 1.807) is 13.8 Å². The zero-order valence-electron chi connectivity index (χ0n) is 11.6. The van der Waals surface area contributed by atoms with E-state index in [-0.39, 0.29) is 24.9 Å². The molecule has 0 aliphatic heterocycles. The Hall–Kier alpha value is -0.700. The van der Waals surface area contributed by atoms with Crippen molar-refractivity contribution in [1.82, 2.24) is 4.72 Å². The van der Waals surface area contributed by atoms with Crippen LogP contribution in [0.25, 0.3) is 0 Å². The fraction of sp³-hybridized carbons (Fsp3) is 0.909. The lowest BCUT2D eigenvalue weighted by Crippen LogP contribution is -2.42. The van der Waals surface area contributed by atoms with Crippen LogP contribution in [0.5, 0.6) is 0 Å².